The molecule has 0 N–H and O–H groups in total. The van der Waals surface area contributed by atoms with Gasteiger partial charge in [-0.25, -0.2) is 15.0 Å². The molecule has 4 heterocycles. The van der Waals surface area contributed by atoms with Crippen LogP contribution in [0.3, 0.4) is 0 Å². The Bertz CT molecular complexity index is 1600. The van der Waals surface area contributed by atoms with Gasteiger partial charge in [0.1, 0.15) is 22.5 Å². The second kappa shape index (κ2) is 8.78. The van der Waals surface area contributed by atoms with Crippen LogP contribution in [-0.2, 0) is 24.2 Å². The fourth-order valence-electron chi connectivity index (χ4n) is 4.95. The Kier molecular flexibility index (Phi) is 5.45. The van der Waals surface area contributed by atoms with Crippen molar-refractivity contribution in [2.45, 2.75) is 45.4 Å². The minimum absolute atomic E-state index is 0.0426. The summed E-state index contributed by atoms with van der Waals surface area (Å²) in [5, 5.41) is 0.525. The van der Waals surface area contributed by atoms with Crippen molar-refractivity contribution >= 4 is 33.2 Å². The van der Waals surface area contributed by atoms with E-state index in [1.54, 1.807) is 11.7 Å². The lowest BCUT2D eigenvalue weighted by Gasteiger charge is -2.14. The zero-order chi connectivity index (χ0) is 23.9. The first kappa shape index (κ1) is 21.7. The predicted octanol–water partition coefficient (Wildman–Crippen LogP) is 4.03. The van der Waals surface area contributed by atoms with Crippen molar-refractivity contribution in [2.24, 2.45) is 0 Å². The third kappa shape index (κ3) is 3.83. The summed E-state index contributed by atoms with van der Waals surface area (Å²) in [6.07, 6.45) is 2.78. The summed E-state index contributed by atoms with van der Waals surface area (Å²) in [6.45, 7) is 3.77. The molecule has 1 saturated heterocycles. The standard InChI is InChI=1S/C27H27N5O3/c1-17-28-25-23(27(33)32(17)16-20-6-5-15-35-20)24-26(30-22-8-4-3-7-21(22)29-24)31(25)14-13-18-9-11-19(34-2)12-10-18/h3-4,7-12,20H,5-6,13-16H2,1-2H3. The van der Waals surface area contributed by atoms with Gasteiger partial charge in [-0.2, -0.15) is 0 Å². The van der Waals surface area contributed by atoms with E-state index in [-0.39, 0.29) is 11.7 Å². The van der Waals surface area contributed by atoms with Gasteiger partial charge < -0.3 is 14.0 Å². The number of fused-ring (bicyclic) bond motifs is 4. The van der Waals surface area contributed by atoms with Gasteiger partial charge in [-0.05, 0) is 56.0 Å². The summed E-state index contributed by atoms with van der Waals surface area (Å²) in [5.41, 5.74) is 4.57. The summed E-state index contributed by atoms with van der Waals surface area (Å²) in [7, 11) is 1.66. The van der Waals surface area contributed by atoms with Crippen LogP contribution in [0, 0.1) is 6.92 Å². The maximum Gasteiger partial charge on any atom is 0.265 e. The highest BCUT2D eigenvalue weighted by molar-refractivity contribution is 6.04. The van der Waals surface area contributed by atoms with Crippen LogP contribution in [0.15, 0.2) is 53.3 Å². The van der Waals surface area contributed by atoms with E-state index in [4.69, 9.17) is 24.4 Å². The zero-order valence-corrected chi connectivity index (χ0v) is 19.9. The molecule has 8 heteroatoms. The summed E-state index contributed by atoms with van der Waals surface area (Å²) in [5.74, 6) is 1.50. The van der Waals surface area contributed by atoms with E-state index < -0.39 is 0 Å². The number of nitrogens with zero attached hydrogens (tertiary/aromatic N) is 5. The average molecular weight is 470 g/mol. The molecule has 8 nitrogen and oxygen atoms in total. The Labute approximate surface area is 202 Å². The molecule has 1 atom stereocenters. The summed E-state index contributed by atoms with van der Waals surface area (Å²) in [4.78, 5) is 28.5. The van der Waals surface area contributed by atoms with Crippen molar-refractivity contribution < 1.29 is 9.47 Å². The Hall–Kier alpha value is -3.78. The molecule has 2 aromatic carbocycles. The van der Waals surface area contributed by atoms with E-state index >= 15 is 0 Å². The number of aryl methyl sites for hydroxylation is 3. The fraction of sp³-hybridized carbons (Fsp3) is 0.333. The highest BCUT2D eigenvalue weighted by Gasteiger charge is 2.23. The van der Waals surface area contributed by atoms with Crippen LogP contribution in [0.5, 0.6) is 5.75 Å². The molecule has 0 bridgehead atoms. The highest BCUT2D eigenvalue weighted by Crippen LogP contribution is 2.26. The molecule has 0 aliphatic carbocycles. The monoisotopic (exact) mass is 469 g/mol. The predicted molar refractivity (Wildman–Crippen MR) is 135 cm³/mol. The molecule has 0 saturated carbocycles. The Morgan fingerprint density at radius 2 is 1.77 bits per heavy atom. The van der Waals surface area contributed by atoms with Crippen LogP contribution in [0.2, 0.25) is 0 Å². The lowest BCUT2D eigenvalue weighted by Crippen LogP contribution is -2.29. The van der Waals surface area contributed by atoms with E-state index in [0.29, 0.717) is 41.1 Å². The van der Waals surface area contributed by atoms with E-state index in [9.17, 15) is 4.79 Å². The van der Waals surface area contributed by atoms with E-state index in [1.807, 2.05) is 47.9 Å². The second-order valence-electron chi connectivity index (χ2n) is 9.04. The number of para-hydroxylation sites is 2. The second-order valence-corrected chi connectivity index (χ2v) is 9.04. The SMILES string of the molecule is COc1ccc(CCn2c3nc4ccccc4nc3c3c(=O)n(CC4CCCO4)c(C)nc32)cc1. The van der Waals surface area contributed by atoms with Gasteiger partial charge in [0.05, 0.1) is 30.8 Å². The summed E-state index contributed by atoms with van der Waals surface area (Å²) >= 11 is 0. The summed E-state index contributed by atoms with van der Waals surface area (Å²) in [6, 6.07) is 15.8. The number of rotatable bonds is 6. The van der Waals surface area contributed by atoms with Gasteiger partial charge in [-0.1, -0.05) is 24.3 Å². The van der Waals surface area contributed by atoms with Gasteiger partial charge >= 0.3 is 0 Å². The Balaban J connectivity index is 1.52. The van der Waals surface area contributed by atoms with Gasteiger partial charge in [0, 0.05) is 13.2 Å². The Morgan fingerprint density at radius 1 is 1.00 bits per heavy atom. The van der Waals surface area contributed by atoms with Gasteiger partial charge in [-0.3, -0.25) is 9.36 Å². The lowest BCUT2D eigenvalue weighted by atomic mass is 10.1. The largest absolute Gasteiger partial charge is 0.497 e. The smallest absolute Gasteiger partial charge is 0.265 e. The molecule has 178 valence electrons. The van der Waals surface area contributed by atoms with Gasteiger partial charge in [-0.15, -0.1) is 0 Å². The maximum absolute atomic E-state index is 13.8. The van der Waals surface area contributed by atoms with Crippen molar-refractivity contribution in [1.29, 1.82) is 0 Å². The normalized spacial score (nSPS) is 16.0. The lowest BCUT2D eigenvalue weighted by molar-refractivity contribution is 0.0955. The molecule has 35 heavy (non-hydrogen) atoms. The molecule has 0 spiro atoms. The maximum atomic E-state index is 13.8. The minimum atomic E-state index is -0.0826. The number of benzene rings is 2. The van der Waals surface area contributed by atoms with Gasteiger partial charge in [0.25, 0.3) is 5.56 Å². The number of hydrogen-bond acceptors (Lipinski definition) is 6. The Morgan fingerprint density at radius 3 is 2.49 bits per heavy atom. The van der Waals surface area contributed by atoms with Crippen LogP contribution in [0.1, 0.15) is 24.2 Å². The van der Waals surface area contributed by atoms with Gasteiger partial charge in [0.2, 0.25) is 0 Å². The fourth-order valence-corrected chi connectivity index (χ4v) is 4.95. The number of methoxy groups -OCH3 is 1. The first-order chi connectivity index (χ1) is 17.1. The van der Waals surface area contributed by atoms with Crippen LogP contribution in [-0.4, -0.2) is 43.9 Å². The molecule has 0 amide bonds. The molecular weight excluding hydrogens is 442 g/mol. The third-order valence-electron chi connectivity index (χ3n) is 6.83. The van der Waals surface area contributed by atoms with Crippen LogP contribution >= 0.6 is 0 Å². The summed E-state index contributed by atoms with van der Waals surface area (Å²) < 4.78 is 14.9. The van der Waals surface area contributed by atoms with Crippen LogP contribution in [0.25, 0.3) is 33.2 Å². The third-order valence-corrected chi connectivity index (χ3v) is 6.83. The van der Waals surface area contributed by atoms with Crippen LogP contribution < -0.4 is 10.3 Å². The van der Waals surface area contributed by atoms with E-state index in [1.165, 1.54) is 0 Å². The first-order valence-corrected chi connectivity index (χ1v) is 12.0. The van der Waals surface area contributed by atoms with Crippen molar-refractivity contribution in [2.75, 3.05) is 13.7 Å². The molecule has 5 aromatic rings. The molecule has 6 rings (SSSR count). The quantitative estimate of drug-likeness (QED) is 0.373. The molecule has 1 aliphatic heterocycles. The molecule has 1 fully saturated rings. The van der Waals surface area contributed by atoms with E-state index in [0.717, 1.165) is 48.2 Å². The minimum Gasteiger partial charge on any atom is -0.497 e. The molecule has 1 aliphatic rings. The highest BCUT2D eigenvalue weighted by atomic mass is 16.5. The number of hydrogen-bond donors (Lipinski definition) is 0. The zero-order valence-electron chi connectivity index (χ0n) is 19.9. The van der Waals surface area contributed by atoms with Crippen molar-refractivity contribution in [1.82, 2.24) is 24.1 Å². The topological polar surface area (TPSA) is 84.1 Å². The number of aromatic nitrogens is 5. The first-order valence-electron chi connectivity index (χ1n) is 12.0. The molecule has 0 radical (unpaired) electrons. The average Bonchev–Trinajstić information content (AvgIpc) is 3.50. The van der Waals surface area contributed by atoms with Crippen molar-refractivity contribution in [3.05, 3.63) is 70.3 Å². The molecule has 3 aromatic heterocycles. The van der Waals surface area contributed by atoms with Crippen LogP contribution in [0.4, 0.5) is 0 Å². The molecule has 1 unspecified atom stereocenters. The van der Waals surface area contributed by atoms with Gasteiger partial charge in [0.15, 0.2) is 11.3 Å². The molecular formula is C27H27N5O3. The number of ether oxygens (including phenoxy) is 2. The van der Waals surface area contributed by atoms with E-state index in [2.05, 4.69) is 12.1 Å². The van der Waals surface area contributed by atoms with Crippen molar-refractivity contribution in [3.63, 3.8) is 0 Å². The van der Waals surface area contributed by atoms with Crippen molar-refractivity contribution in [3.8, 4) is 5.75 Å².